The second-order valence-corrected chi connectivity index (χ2v) is 4.09. The zero-order valence-corrected chi connectivity index (χ0v) is 10.8. The van der Waals surface area contributed by atoms with E-state index in [4.69, 9.17) is 33.0 Å². The number of carboxylic acid groups (broad SMARTS) is 1. The molecule has 0 aliphatic carbocycles. The highest BCUT2D eigenvalue weighted by Gasteiger charge is 2.04. The summed E-state index contributed by atoms with van der Waals surface area (Å²) >= 11 is 11.6. The van der Waals surface area contributed by atoms with Gasteiger partial charge in [0.1, 0.15) is 12.4 Å². The quantitative estimate of drug-likeness (QED) is 0.831. The molecule has 3 nitrogen and oxygen atoms in total. The summed E-state index contributed by atoms with van der Waals surface area (Å²) in [4.78, 5) is 10.7. The van der Waals surface area contributed by atoms with Crippen molar-refractivity contribution in [1.82, 2.24) is 0 Å². The van der Waals surface area contributed by atoms with Gasteiger partial charge in [0, 0.05) is 11.6 Å². The van der Waals surface area contributed by atoms with Crippen molar-refractivity contribution < 1.29 is 14.6 Å². The van der Waals surface area contributed by atoms with Gasteiger partial charge < -0.3 is 9.84 Å². The Kier molecular flexibility index (Phi) is 5.32. The lowest BCUT2D eigenvalue weighted by Gasteiger charge is -2.05. The van der Waals surface area contributed by atoms with Gasteiger partial charge in [0.25, 0.3) is 0 Å². The minimum absolute atomic E-state index is 0.188. The first kappa shape index (κ1) is 13.9. The van der Waals surface area contributed by atoms with E-state index in [1.54, 1.807) is 25.1 Å². The second-order valence-electron chi connectivity index (χ2n) is 3.27. The number of ether oxygens (including phenoxy) is 1. The van der Waals surface area contributed by atoms with Crippen LogP contribution < -0.4 is 4.74 Å². The summed E-state index contributed by atoms with van der Waals surface area (Å²) in [6.07, 6.45) is 1.99. The van der Waals surface area contributed by atoms with Crippen LogP contribution in [0, 0.1) is 0 Å². The van der Waals surface area contributed by atoms with Crippen molar-refractivity contribution in [3.8, 4) is 5.75 Å². The first-order valence-electron chi connectivity index (χ1n) is 5.04. The number of carboxylic acids is 1. The SMILES string of the molecule is CCC(=CCOc1ccc(Cl)c(Cl)c1)C(=O)O. The Balaban J connectivity index is 2.61. The molecule has 0 saturated heterocycles. The standard InChI is InChI=1S/C12H12Cl2O3/c1-2-8(12(15)16)5-6-17-9-3-4-10(13)11(14)7-9/h3-5,7H,2,6H2,1H3,(H,15,16). The summed E-state index contributed by atoms with van der Waals surface area (Å²) in [5, 5.41) is 9.65. The maximum absolute atomic E-state index is 10.7. The van der Waals surface area contributed by atoms with Crippen LogP contribution in [0.2, 0.25) is 10.0 Å². The van der Waals surface area contributed by atoms with Gasteiger partial charge in [-0.15, -0.1) is 0 Å². The van der Waals surface area contributed by atoms with E-state index in [1.807, 2.05) is 0 Å². The van der Waals surface area contributed by atoms with Crippen LogP contribution >= 0.6 is 23.2 Å². The molecule has 92 valence electrons. The molecule has 0 fully saturated rings. The molecule has 0 aliphatic heterocycles. The van der Waals surface area contributed by atoms with Crippen molar-refractivity contribution in [1.29, 1.82) is 0 Å². The molecule has 0 aliphatic rings. The molecule has 0 aromatic heterocycles. The van der Waals surface area contributed by atoms with Gasteiger partial charge >= 0.3 is 5.97 Å². The number of benzene rings is 1. The third-order valence-corrected chi connectivity index (χ3v) is 2.87. The number of rotatable bonds is 5. The number of hydrogen-bond acceptors (Lipinski definition) is 2. The molecular formula is C12H12Cl2O3. The molecule has 1 N–H and O–H groups in total. The van der Waals surface area contributed by atoms with Crippen LogP contribution in [0.5, 0.6) is 5.75 Å². The summed E-state index contributed by atoms with van der Waals surface area (Å²) in [5.41, 5.74) is 0.324. The van der Waals surface area contributed by atoms with Crippen LogP contribution in [0.25, 0.3) is 0 Å². The molecule has 17 heavy (non-hydrogen) atoms. The lowest BCUT2D eigenvalue weighted by Crippen LogP contribution is -2.02. The topological polar surface area (TPSA) is 46.5 Å². The van der Waals surface area contributed by atoms with Gasteiger partial charge in [0.05, 0.1) is 10.0 Å². The van der Waals surface area contributed by atoms with Crippen molar-refractivity contribution in [2.45, 2.75) is 13.3 Å². The Hall–Kier alpha value is -1.19. The average Bonchev–Trinajstić information content (AvgIpc) is 2.28. The average molecular weight is 275 g/mol. The Morgan fingerprint density at radius 2 is 2.12 bits per heavy atom. The van der Waals surface area contributed by atoms with E-state index < -0.39 is 5.97 Å². The lowest BCUT2D eigenvalue weighted by molar-refractivity contribution is -0.132. The van der Waals surface area contributed by atoms with Crippen LogP contribution in [-0.2, 0) is 4.79 Å². The van der Waals surface area contributed by atoms with Crippen LogP contribution in [0.15, 0.2) is 29.8 Å². The zero-order valence-electron chi connectivity index (χ0n) is 9.24. The van der Waals surface area contributed by atoms with Gasteiger partial charge in [-0.25, -0.2) is 4.79 Å². The monoisotopic (exact) mass is 274 g/mol. The molecule has 0 atom stereocenters. The minimum atomic E-state index is -0.926. The highest BCUT2D eigenvalue weighted by Crippen LogP contribution is 2.26. The van der Waals surface area contributed by atoms with E-state index in [0.29, 0.717) is 27.8 Å². The zero-order chi connectivity index (χ0) is 12.8. The highest BCUT2D eigenvalue weighted by atomic mass is 35.5. The fourth-order valence-corrected chi connectivity index (χ4v) is 1.48. The molecule has 5 heteroatoms. The number of aliphatic carboxylic acids is 1. The molecule has 0 bridgehead atoms. The second kappa shape index (κ2) is 6.52. The van der Waals surface area contributed by atoms with Crippen molar-refractivity contribution >= 4 is 29.2 Å². The van der Waals surface area contributed by atoms with Crippen LogP contribution in [0.1, 0.15) is 13.3 Å². The maximum Gasteiger partial charge on any atom is 0.331 e. The number of carbonyl (C=O) groups is 1. The fourth-order valence-electron chi connectivity index (χ4n) is 1.19. The third-order valence-electron chi connectivity index (χ3n) is 2.13. The summed E-state index contributed by atoms with van der Waals surface area (Å²) in [7, 11) is 0. The first-order valence-corrected chi connectivity index (χ1v) is 5.80. The van der Waals surface area contributed by atoms with Crippen LogP contribution in [-0.4, -0.2) is 17.7 Å². The van der Waals surface area contributed by atoms with Gasteiger partial charge in [-0.3, -0.25) is 0 Å². The molecule has 0 unspecified atom stereocenters. The minimum Gasteiger partial charge on any atom is -0.489 e. The van der Waals surface area contributed by atoms with E-state index >= 15 is 0 Å². The molecule has 1 aromatic rings. The third kappa shape index (κ3) is 4.29. The summed E-state index contributed by atoms with van der Waals surface area (Å²) < 4.78 is 5.34. The molecule has 1 rings (SSSR count). The van der Waals surface area contributed by atoms with Crippen molar-refractivity contribution in [2.75, 3.05) is 6.61 Å². The molecule has 0 heterocycles. The van der Waals surface area contributed by atoms with Gasteiger partial charge in [-0.1, -0.05) is 30.1 Å². The Morgan fingerprint density at radius 1 is 1.41 bits per heavy atom. The summed E-state index contributed by atoms with van der Waals surface area (Å²) in [5.74, 6) is -0.373. The van der Waals surface area contributed by atoms with Crippen LogP contribution in [0.4, 0.5) is 0 Å². The van der Waals surface area contributed by atoms with Crippen molar-refractivity contribution in [3.05, 3.63) is 39.9 Å². The Labute approximate surface area is 110 Å². The van der Waals surface area contributed by atoms with E-state index in [9.17, 15) is 4.79 Å². The molecule has 0 spiro atoms. The van der Waals surface area contributed by atoms with E-state index in [2.05, 4.69) is 0 Å². The van der Waals surface area contributed by atoms with Gasteiger partial charge in [-0.05, 0) is 24.6 Å². The summed E-state index contributed by atoms with van der Waals surface area (Å²) in [6.45, 7) is 1.96. The van der Waals surface area contributed by atoms with Gasteiger partial charge in [0.15, 0.2) is 0 Å². The molecule has 0 amide bonds. The summed E-state index contributed by atoms with van der Waals surface area (Å²) in [6, 6.07) is 4.89. The van der Waals surface area contributed by atoms with Crippen molar-refractivity contribution in [3.63, 3.8) is 0 Å². The molecular weight excluding hydrogens is 263 g/mol. The smallest absolute Gasteiger partial charge is 0.331 e. The van der Waals surface area contributed by atoms with Crippen molar-refractivity contribution in [2.24, 2.45) is 0 Å². The normalized spacial score (nSPS) is 11.4. The van der Waals surface area contributed by atoms with E-state index in [-0.39, 0.29) is 6.61 Å². The first-order chi connectivity index (χ1) is 8.04. The lowest BCUT2D eigenvalue weighted by atomic mass is 10.2. The van der Waals surface area contributed by atoms with Gasteiger partial charge in [0.2, 0.25) is 0 Å². The fraction of sp³-hybridized carbons (Fsp3) is 0.250. The molecule has 0 saturated carbocycles. The predicted octanol–water partition coefficient (Wildman–Crippen LogP) is 3.79. The molecule has 0 radical (unpaired) electrons. The maximum atomic E-state index is 10.7. The predicted molar refractivity (Wildman–Crippen MR) is 68.0 cm³/mol. The van der Waals surface area contributed by atoms with E-state index in [0.717, 1.165) is 0 Å². The van der Waals surface area contributed by atoms with Crippen LogP contribution in [0.3, 0.4) is 0 Å². The number of hydrogen-bond donors (Lipinski definition) is 1. The largest absolute Gasteiger partial charge is 0.489 e. The van der Waals surface area contributed by atoms with Gasteiger partial charge in [-0.2, -0.15) is 0 Å². The highest BCUT2D eigenvalue weighted by molar-refractivity contribution is 6.42. The number of halogens is 2. The Bertz CT molecular complexity index is 441. The van der Waals surface area contributed by atoms with E-state index in [1.165, 1.54) is 6.08 Å². The Morgan fingerprint density at radius 3 is 2.65 bits per heavy atom. The molecule has 1 aromatic carbocycles.